The van der Waals surface area contributed by atoms with Gasteiger partial charge in [0.2, 0.25) is 5.91 Å². The van der Waals surface area contributed by atoms with Gasteiger partial charge in [-0.05, 0) is 19.9 Å². The molecule has 146 valence electrons. The fourth-order valence-electron chi connectivity index (χ4n) is 1.54. The summed E-state index contributed by atoms with van der Waals surface area (Å²) in [4.78, 5) is 22.8. The van der Waals surface area contributed by atoms with Gasteiger partial charge in [-0.2, -0.15) is 0 Å². The number of rotatable bonds is 16. The molecule has 0 bridgehead atoms. The van der Waals surface area contributed by atoms with Gasteiger partial charge in [0.1, 0.15) is 0 Å². The van der Waals surface area contributed by atoms with E-state index in [0.717, 1.165) is 0 Å². The van der Waals surface area contributed by atoms with Crippen molar-refractivity contribution in [3.05, 3.63) is 12.2 Å². The van der Waals surface area contributed by atoms with Crippen molar-refractivity contribution in [2.75, 3.05) is 52.8 Å². The Morgan fingerprint density at radius 1 is 0.800 bits per heavy atom. The van der Waals surface area contributed by atoms with Crippen molar-refractivity contribution in [1.29, 1.82) is 0 Å². The second kappa shape index (κ2) is 16.2. The summed E-state index contributed by atoms with van der Waals surface area (Å²) in [5, 5.41) is 2.64. The molecule has 0 spiro atoms. The number of carbonyl (C=O) groups excluding carboxylic acids is 2. The van der Waals surface area contributed by atoms with Gasteiger partial charge in [0.05, 0.1) is 52.4 Å². The van der Waals surface area contributed by atoms with Crippen LogP contribution in [0.5, 0.6) is 0 Å². The highest BCUT2D eigenvalue weighted by Crippen LogP contribution is 1.94. The Labute approximate surface area is 151 Å². The van der Waals surface area contributed by atoms with E-state index in [-0.39, 0.29) is 23.7 Å². The molecule has 7 nitrogen and oxygen atoms in total. The smallest absolute Gasteiger partial charge is 0.244 e. The maximum atomic E-state index is 11.4. The zero-order chi connectivity index (χ0) is 18.9. The minimum atomic E-state index is -0.299. The zero-order valence-electron chi connectivity index (χ0n) is 15.9. The largest absolute Gasteiger partial charge is 0.377 e. The van der Waals surface area contributed by atoms with Crippen molar-refractivity contribution in [2.24, 2.45) is 5.92 Å². The Morgan fingerprint density at radius 2 is 1.32 bits per heavy atom. The van der Waals surface area contributed by atoms with Gasteiger partial charge in [-0.25, -0.2) is 0 Å². The molecule has 25 heavy (non-hydrogen) atoms. The van der Waals surface area contributed by atoms with Crippen LogP contribution in [0.2, 0.25) is 0 Å². The van der Waals surface area contributed by atoms with Crippen LogP contribution in [0.25, 0.3) is 0 Å². The molecule has 0 rings (SSSR count). The van der Waals surface area contributed by atoms with E-state index >= 15 is 0 Å². The molecule has 0 aliphatic carbocycles. The summed E-state index contributed by atoms with van der Waals surface area (Å²) in [6.07, 6.45) is 2.77. The van der Waals surface area contributed by atoms with Crippen molar-refractivity contribution in [1.82, 2.24) is 5.32 Å². The summed E-state index contributed by atoms with van der Waals surface area (Å²) in [5.41, 5.74) is 0. The van der Waals surface area contributed by atoms with Gasteiger partial charge < -0.3 is 24.3 Å². The molecule has 1 amide bonds. The highest BCUT2D eigenvalue weighted by molar-refractivity contribution is 5.98. The molecule has 0 fully saturated rings. The topological polar surface area (TPSA) is 83.1 Å². The highest BCUT2D eigenvalue weighted by Gasteiger charge is 2.03. The molecule has 0 atom stereocenters. The summed E-state index contributed by atoms with van der Waals surface area (Å²) in [5.74, 6) is -0.474. The number of allylic oxidation sites excluding steroid dienone is 1. The van der Waals surface area contributed by atoms with Crippen molar-refractivity contribution >= 4 is 11.7 Å². The van der Waals surface area contributed by atoms with Gasteiger partial charge in [-0.1, -0.05) is 13.8 Å². The summed E-state index contributed by atoms with van der Waals surface area (Å²) >= 11 is 0. The molecule has 0 aliphatic rings. The fraction of sp³-hybridized carbons (Fsp3) is 0.778. The lowest BCUT2D eigenvalue weighted by atomic mass is 10.1. The molecule has 0 heterocycles. The molecule has 0 radical (unpaired) electrons. The number of ketones is 1. The number of hydrogen-bond donors (Lipinski definition) is 1. The average Bonchev–Trinajstić information content (AvgIpc) is 2.56. The van der Waals surface area contributed by atoms with E-state index in [1.807, 2.05) is 13.8 Å². The van der Waals surface area contributed by atoms with E-state index in [1.165, 1.54) is 12.2 Å². The summed E-state index contributed by atoms with van der Waals surface area (Å²) in [6, 6.07) is 0. The number of ether oxygens (including phenoxy) is 4. The molecule has 7 heteroatoms. The minimum Gasteiger partial charge on any atom is -0.377 e. The Balaban J connectivity index is 3.31. The third kappa shape index (κ3) is 17.3. The van der Waals surface area contributed by atoms with Crippen molar-refractivity contribution in [3.63, 3.8) is 0 Å². The number of amides is 1. The van der Waals surface area contributed by atoms with Gasteiger partial charge in [0, 0.05) is 18.5 Å². The van der Waals surface area contributed by atoms with Gasteiger partial charge in [0.15, 0.2) is 5.78 Å². The standard InChI is InChI=1S/C18H33NO6/c1-15(2)17(20)5-6-18(21)19-7-8-22-9-10-23-11-12-24-13-14-25-16(3)4/h5-6,15-16H,7-14H2,1-4H3,(H,19,21)/b6-5-. The Bertz CT molecular complexity index is 382. The van der Waals surface area contributed by atoms with E-state index in [2.05, 4.69) is 5.32 Å². The van der Waals surface area contributed by atoms with Crippen LogP contribution in [0.15, 0.2) is 12.2 Å². The van der Waals surface area contributed by atoms with Gasteiger partial charge >= 0.3 is 0 Å². The first-order chi connectivity index (χ1) is 11.9. The van der Waals surface area contributed by atoms with Gasteiger partial charge in [-0.3, -0.25) is 9.59 Å². The van der Waals surface area contributed by atoms with Crippen molar-refractivity contribution < 1.29 is 28.5 Å². The third-order valence-corrected chi connectivity index (χ3v) is 2.94. The molecular formula is C18H33NO6. The fourth-order valence-corrected chi connectivity index (χ4v) is 1.54. The van der Waals surface area contributed by atoms with E-state index in [0.29, 0.717) is 52.8 Å². The Kier molecular flexibility index (Phi) is 15.4. The van der Waals surface area contributed by atoms with Crippen molar-refractivity contribution in [2.45, 2.75) is 33.8 Å². The Morgan fingerprint density at radius 3 is 1.84 bits per heavy atom. The maximum Gasteiger partial charge on any atom is 0.244 e. The van der Waals surface area contributed by atoms with Crippen LogP contribution in [-0.4, -0.2) is 70.6 Å². The Hall–Kier alpha value is -1.28. The first kappa shape index (κ1) is 23.7. The molecular weight excluding hydrogens is 326 g/mol. The monoisotopic (exact) mass is 359 g/mol. The van der Waals surface area contributed by atoms with Crippen LogP contribution in [0.4, 0.5) is 0 Å². The van der Waals surface area contributed by atoms with Crippen molar-refractivity contribution in [3.8, 4) is 0 Å². The molecule has 0 unspecified atom stereocenters. The van der Waals surface area contributed by atoms with Crippen LogP contribution in [0.1, 0.15) is 27.7 Å². The minimum absolute atomic E-state index is 0.0695. The highest BCUT2D eigenvalue weighted by atomic mass is 16.6. The van der Waals surface area contributed by atoms with Crippen LogP contribution in [-0.2, 0) is 28.5 Å². The van der Waals surface area contributed by atoms with Gasteiger partial charge in [-0.15, -0.1) is 0 Å². The van der Waals surface area contributed by atoms with Crippen LogP contribution in [0.3, 0.4) is 0 Å². The molecule has 0 aromatic rings. The summed E-state index contributed by atoms with van der Waals surface area (Å²) in [6.45, 7) is 11.4. The van der Waals surface area contributed by atoms with E-state index in [4.69, 9.17) is 18.9 Å². The lowest BCUT2D eigenvalue weighted by Crippen LogP contribution is -2.26. The number of hydrogen-bond acceptors (Lipinski definition) is 6. The quantitative estimate of drug-likeness (QED) is 0.331. The molecule has 0 aliphatic heterocycles. The number of carbonyl (C=O) groups is 2. The second-order valence-electron chi connectivity index (χ2n) is 5.94. The summed E-state index contributed by atoms with van der Waals surface area (Å²) in [7, 11) is 0. The molecule has 0 saturated heterocycles. The lowest BCUT2D eigenvalue weighted by Gasteiger charge is -2.09. The van der Waals surface area contributed by atoms with E-state index in [9.17, 15) is 9.59 Å². The first-order valence-corrected chi connectivity index (χ1v) is 8.78. The normalized spacial score (nSPS) is 11.6. The second-order valence-corrected chi connectivity index (χ2v) is 5.94. The zero-order valence-corrected chi connectivity index (χ0v) is 15.9. The van der Waals surface area contributed by atoms with Crippen LogP contribution in [0, 0.1) is 5.92 Å². The summed E-state index contributed by atoms with van der Waals surface area (Å²) < 4.78 is 21.4. The molecule has 0 aromatic heterocycles. The first-order valence-electron chi connectivity index (χ1n) is 8.78. The molecule has 0 aromatic carbocycles. The SMILES string of the molecule is CC(C)OCCOCCOCCOCCNC(=O)/C=C\C(=O)C(C)C. The predicted molar refractivity (Wildman–Crippen MR) is 95.5 cm³/mol. The van der Waals surface area contributed by atoms with Gasteiger partial charge in [0.25, 0.3) is 0 Å². The lowest BCUT2D eigenvalue weighted by molar-refractivity contribution is -0.119. The maximum absolute atomic E-state index is 11.4. The van der Waals surface area contributed by atoms with Crippen LogP contribution < -0.4 is 5.32 Å². The predicted octanol–water partition coefficient (Wildman–Crippen LogP) is 1.36. The van der Waals surface area contributed by atoms with E-state index < -0.39 is 0 Å². The molecule has 0 saturated carbocycles. The molecule has 1 N–H and O–H groups in total. The average molecular weight is 359 g/mol. The van der Waals surface area contributed by atoms with Crippen LogP contribution >= 0.6 is 0 Å². The third-order valence-electron chi connectivity index (χ3n) is 2.94. The van der Waals surface area contributed by atoms with E-state index in [1.54, 1.807) is 13.8 Å². The number of nitrogens with one attached hydrogen (secondary N) is 1.